The van der Waals surface area contributed by atoms with Gasteiger partial charge in [0.25, 0.3) is 5.91 Å². The van der Waals surface area contributed by atoms with Crippen LogP contribution in [-0.4, -0.2) is 160 Å². The molecule has 3 N–H and O–H groups in total. The van der Waals surface area contributed by atoms with Crippen molar-refractivity contribution in [2.75, 3.05) is 90.0 Å². The number of carbonyl (C=O) groups excluding carboxylic acids is 7. The van der Waals surface area contributed by atoms with Crippen molar-refractivity contribution in [3.63, 3.8) is 0 Å². The van der Waals surface area contributed by atoms with Crippen LogP contribution in [0.1, 0.15) is 149 Å². The summed E-state index contributed by atoms with van der Waals surface area (Å²) >= 11 is 2.08. The van der Waals surface area contributed by atoms with Gasteiger partial charge in [0.1, 0.15) is 24.2 Å². The fraction of sp³-hybridized carbons (Fsp3) is 0.514. The van der Waals surface area contributed by atoms with E-state index >= 15 is 0 Å². The van der Waals surface area contributed by atoms with Crippen molar-refractivity contribution in [2.45, 2.75) is 142 Å². The normalized spacial score (nSPS) is 18.1. The van der Waals surface area contributed by atoms with E-state index in [1.807, 2.05) is 58.2 Å². The molecule has 0 fully saturated rings. The Hall–Kier alpha value is -7.35. The van der Waals surface area contributed by atoms with Crippen molar-refractivity contribution in [2.24, 2.45) is 22.7 Å². The highest BCUT2D eigenvalue weighted by atomic mass is 127. The minimum Gasteiger partial charge on any atom is -0.493 e. The third-order valence-electron chi connectivity index (χ3n) is 17.1. The summed E-state index contributed by atoms with van der Waals surface area (Å²) in [5.41, 5.74) is 5.48. The molecule has 0 saturated heterocycles. The highest BCUT2D eigenvalue weighted by Gasteiger charge is 2.43. The number of aliphatic hydroxyl groups excluding tert-OH is 1. The zero-order valence-corrected chi connectivity index (χ0v) is 58.7. The van der Waals surface area contributed by atoms with Crippen LogP contribution in [0, 0.1) is 17.8 Å². The number of carbonyl (C=O) groups is 7. The summed E-state index contributed by atoms with van der Waals surface area (Å²) < 4.78 is 52.7. The molecule has 3 heterocycles. The van der Waals surface area contributed by atoms with E-state index in [9.17, 15) is 38.7 Å². The van der Waals surface area contributed by atoms with Gasteiger partial charge < -0.3 is 63.3 Å². The van der Waals surface area contributed by atoms with Gasteiger partial charge in [-0.15, -0.1) is 0 Å². The van der Waals surface area contributed by atoms with Gasteiger partial charge in [0, 0.05) is 85.8 Å². The van der Waals surface area contributed by atoms with Crippen molar-refractivity contribution < 1.29 is 81.3 Å². The number of esters is 1. The largest absolute Gasteiger partial charge is 0.493 e. The summed E-state index contributed by atoms with van der Waals surface area (Å²) in [4.78, 5) is 99.9. The van der Waals surface area contributed by atoms with Gasteiger partial charge >= 0.3 is 5.97 Å². The topological polar surface area (TPSA) is 262 Å². The van der Waals surface area contributed by atoms with Crippen LogP contribution in [0.5, 0.6) is 23.0 Å². The summed E-state index contributed by atoms with van der Waals surface area (Å²) in [5, 5.41) is 17.5. The number of unbranched alkanes of at least 4 members (excludes halogenated alkanes) is 1. The highest BCUT2D eigenvalue weighted by molar-refractivity contribution is 14.1. The number of anilines is 1. The molecular weight excluding hydrogens is 1340 g/mol. The van der Waals surface area contributed by atoms with Gasteiger partial charge in [0.15, 0.2) is 28.8 Å². The first-order valence-electron chi connectivity index (χ1n) is 33.4. The Balaban J connectivity index is 0.873. The molecule has 0 spiro atoms. The minimum atomic E-state index is -1.12. The smallest absolute Gasteiger partial charge is 0.313 e. The van der Waals surface area contributed by atoms with Crippen molar-refractivity contribution in [3.05, 3.63) is 130 Å². The fourth-order valence-corrected chi connectivity index (χ4v) is 12.1. The number of fused-ring (bicyclic) bond motifs is 4. The molecule has 3 aliphatic heterocycles. The number of benzene rings is 3. The van der Waals surface area contributed by atoms with Crippen molar-refractivity contribution in [1.82, 2.24) is 10.2 Å². The molecule has 520 valence electrons. The van der Waals surface area contributed by atoms with Crippen LogP contribution in [-0.2, 0) is 54.3 Å². The van der Waals surface area contributed by atoms with Gasteiger partial charge in [-0.3, -0.25) is 38.6 Å². The monoisotopic (exact) mass is 1440 g/mol. The maximum absolute atomic E-state index is 14.6. The Labute approximate surface area is 577 Å². The van der Waals surface area contributed by atoms with Crippen LogP contribution in [0.3, 0.4) is 0 Å². The number of methoxy groups -OCH3 is 2. The quantitative estimate of drug-likeness (QED) is 0.0207. The lowest BCUT2D eigenvalue weighted by atomic mass is 9.83. The van der Waals surface area contributed by atoms with Crippen LogP contribution in [0.2, 0.25) is 0 Å². The van der Waals surface area contributed by atoms with Gasteiger partial charge in [0.05, 0.1) is 102 Å². The molecule has 3 aromatic carbocycles. The van der Waals surface area contributed by atoms with Crippen molar-refractivity contribution >= 4 is 81.2 Å². The predicted molar refractivity (Wildman–Crippen MR) is 374 cm³/mol. The van der Waals surface area contributed by atoms with Crippen LogP contribution >= 0.6 is 22.6 Å². The average Bonchev–Trinajstić information content (AvgIpc) is 1.40. The zero-order valence-electron chi connectivity index (χ0n) is 56.5. The SMILES string of the molecule is C/C=C/C1=CN2C(=O)c3cc(OC)c(OCCCOc4cc5c(cc4OC)C(=O)CC4=CC=C(/C=C/C)C[C@H]4C=N5)cc3C(C(=O)OCc3ccc(NC(=O)[C@H](C)NC(=O)[C@@H](CCCC(=O)CCOCCOCCOCCOCCCCC(=O)CI)C(C)C)cc3)C[C@@H](O)C2C1. The second-order valence-electron chi connectivity index (χ2n) is 24.5. The van der Waals surface area contributed by atoms with Crippen molar-refractivity contribution in [1.29, 1.82) is 0 Å². The zero-order chi connectivity index (χ0) is 68.9. The number of halogens is 1. The molecule has 3 amide bonds. The molecule has 22 heteroatoms. The standard InChI is InChI=1S/C74H95IN4O17/c1-8-14-50-19-22-53-38-65(82)62-42-68(89-7)70(43-63(62)76-45-54(53)36-50)95-28-13-27-94-69-40-59-60(41-67(69)88-6)73(86)79-46-52(15-9-2)37-64(79)66(83)39-61(59)74(87)96-47-51-20-23-55(24-21-51)78-71(84)49(5)77-72(85)58(48(3)4)18-12-17-56(80)25-29-91-31-33-93-35-34-92-32-30-90-26-11-10-16-57(81)44-75/h8-9,14-15,19-24,40-43,45-46,48-49,54,58,61,64,66,83H,10-13,16-18,25-39,44,47H2,1-7H3,(H,77,85)(H,78,84)/b14-8+,15-9+,76-45?/t49-,54-,58-,61?,64?,66+/m0/s1. The van der Waals surface area contributed by atoms with Gasteiger partial charge in [-0.2, -0.15) is 0 Å². The Kier molecular flexibility index (Phi) is 31.5. The molecule has 6 atom stereocenters. The van der Waals surface area contributed by atoms with Crippen LogP contribution in [0.15, 0.2) is 113 Å². The first-order chi connectivity index (χ1) is 46.4. The highest BCUT2D eigenvalue weighted by Crippen LogP contribution is 2.43. The number of Topliss-reactive ketones (excluding diaryl/α,β-unsaturated/α-hetero) is 3. The molecule has 0 bridgehead atoms. The molecule has 0 radical (unpaired) electrons. The van der Waals surface area contributed by atoms with E-state index in [1.165, 1.54) is 19.1 Å². The number of aliphatic hydroxyl groups is 1. The molecular formula is C74H95IN4O17. The van der Waals surface area contributed by atoms with E-state index in [0.717, 1.165) is 36.0 Å². The molecule has 3 aromatic rings. The molecule has 0 aromatic heterocycles. The second kappa shape index (κ2) is 39.8. The third-order valence-corrected chi connectivity index (χ3v) is 17.9. The number of allylic oxidation sites excluding steroid dienone is 8. The lowest BCUT2D eigenvalue weighted by molar-refractivity contribution is -0.148. The van der Waals surface area contributed by atoms with E-state index in [2.05, 4.69) is 45.4 Å². The van der Waals surface area contributed by atoms with Crippen LogP contribution < -0.4 is 29.6 Å². The second-order valence-corrected chi connectivity index (χ2v) is 25.3. The number of nitrogens with one attached hydrogen (secondary N) is 2. The van der Waals surface area contributed by atoms with E-state index in [-0.39, 0.29) is 97.8 Å². The number of alkyl halides is 1. The number of aliphatic imine (C=N–C) groups is 1. The van der Waals surface area contributed by atoms with E-state index in [1.54, 1.807) is 61.7 Å². The first kappa shape index (κ1) is 76.0. The van der Waals surface area contributed by atoms with Gasteiger partial charge in [-0.05, 0) is 124 Å². The Morgan fingerprint density at radius 3 is 1.99 bits per heavy atom. The summed E-state index contributed by atoms with van der Waals surface area (Å²) in [5.74, 6) is -1.86. The predicted octanol–water partition coefficient (Wildman–Crippen LogP) is 11.6. The maximum Gasteiger partial charge on any atom is 0.313 e. The molecule has 2 unspecified atom stereocenters. The average molecular weight is 1440 g/mol. The van der Waals surface area contributed by atoms with E-state index < -0.39 is 47.8 Å². The van der Waals surface area contributed by atoms with E-state index in [4.69, 9.17) is 47.6 Å². The molecule has 4 aliphatic rings. The Bertz CT molecular complexity index is 3340. The summed E-state index contributed by atoms with van der Waals surface area (Å²) in [7, 11) is 2.97. The number of hydrogen-bond donors (Lipinski definition) is 3. The number of nitrogens with zero attached hydrogens (tertiary/aromatic N) is 2. The number of amides is 3. The molecule has 21 nitrogen and oxygen atoms in total. The number of hydrogen-bond acceptors (Lipinski definition) is 18. The van der Waals surface area contributed by atoms with E-state index in [0.29, 0.717) is 129 Å². The summed E-state index contributed by atoms with van der Waals surface area (Å²) in [6.07, 6.45) is 19.9. The van der Waals surface area contributed by atoms with Gasteiger partial charge in [0.2, 0.25) is 11.8 Å². The third kappa shape index (κ3) is 22.9. The number of rotatable bonds is 40. The Morgan fingerprint density at radius 1 is 0.698 bits per heavy atom. The molecule has 7 rings (SSSR count). The lowest BCUT2D eigenvalue weighted by Gasteiger charge is -2.34. The fourth-order valence-electron chi connectivity index (χ4n) is 11.8. The minimum absolute atomic E-state index is 0.00663. The van der Waals surface area contributed by atoms with Crippen molar-refractivity contribution in [3.8, 4) is 23.0 Å². The summed E-state index contributed by atoms with van der Waals surface area (Å²) in [6.45, 7) is 12.8. The molecule has 0 saturated carbocycles. The molecule has 96 heavy (non-hydrogen) atoms. The van der Waals surface area contributed by atoms with Gasteiger partial charge in [-0.25, -0.2) is 0 Å². The van der Waals surface area contributed by atoms with Gasteiger partial charge in [-0.1, -0.05) is 90.6 Å². The Morgan fingerprint density at radius 2 is 1.33 bits per heavy atom. The molecule has 1 aliphatic carbocycles. The number of ketones is 3. The maximum atomic E-state index is 14.6. The first-order valence-corrected chi connectivity index (χ1v) is 34.9. The van der Waals surface area contributed by atoms with Crippen LogP contribution in [0.25, 0.3) is 0 Å². The lowest BCUT2D eigenvalue weighted by Crippen LogP contribution is -2.45. The summed E-state index contributed by atoms with van der Waals surface area (Å²) in [6, 6.07) is 11.7. The number of ether oxygens (including phenoxy) is 9. The van der Waals surface area contributed by atoms with Crippen LogP contribution in [0.4, 0.5) is 11.4 Å².